The lowest BCUT2D eigenvalue weighted by Gasteiger charge is -2.38. The molecule has 0 radical (unpaired) electrons. The van der Waals surface area contributed by atoms with Gasteiger partial charge in [-0.2, -0.15) is 9.97 Å². The molecule has 6 heterocycles. The molecule has 238 valence electrons. The summed E-state index contributed by atoms with van der Waals surface area (Å²) in [5.41, 5.74) is 3.23. The molecule has 45 heavy (non-hydrogen) atoms. The molecule has 5 aliphatic heterocycles. The number of nitrogens with zero attached hydrogens (tertiary/aromatic N) is 5. The quantitative estimate of drug-likeness (QED) is 0.390. The number of nitrogens with one attached hydrogen (secondary N) is 1. The summed E-state index contributed by atoms with van der Waals surface area (Å²) in [6.45, 7) is 6.95. The number of halogens is 1. The standard InChI is InChI=1S/C36H45FN6O2/c1-2-23-6-3-7-24-16-27(44)17-30(32(23)24)41-15-11-28-29(20-41)39-34(40-33(28)42-18-25-9-10-26(19-42)38-25)45-22-35-12-5-14-43(35)31-8-4-13-36(31,37)21-35/h3,6-7,16-17,25-26,31,38,44H,2,4-5,8-15,18-22H2,1H3/t25?,26?,31-,35+,36+/m0/s1. The van der Waals surface area contributed by atoms with Crippen molar-refractivity contribution >= 4 is 22.3 Å². The Balaban J connectivity index is 1.07. The number of alkyl halides is 1. The van der Waals surface area contributed by atoms with Gasteiger partial charge in [0, 0.05) is 66.9 Å². The van der Waals surface area contributed by atoms with Crippen molar-refractivity contribution in [1.82, 2.24) is 20.2 Å². The van der Waals surface area contributed by atoms with E-state index in [2.05, 4.69) is 45.1 Å². The van der Waals surface area contributed by atoms with E-state index >= 15 is 4.39 Å². The summed E-state index contributed by atoms with van der Waals surface area (Å²) in [6.07, 6.45) is 9.46. The highest BCUT2D eigenvalue weighted by Gasteiger charge is 2.63. The minimum Gasteiger partial charge on any atom is -0.508 e. The zero-order valence-electron chi connectivity index (χ0n) is 26.4. The first-order valence-electron chi connectivity index (χ1n) is 17.4. The molecule has 9 rings (SSSR count). The highest BCUT2D eigenvalue weighted by atomic mass is 19.1. The van der Waals surface area contributed by atoms with Crippen LogP contribution >= 0.6 is 0 Å². The first-order valence-corrected chi connectivity index (χ1v) is 17.4. The maximum absolute atomic E-state index is 16.0. The fourth-order valence-corrected chi connectivity index (χ4v) is 10.1. The highest BCUT2D eigenvalue weighted by molar-refractivity contribution is 5.98. The van der Waals surface area contributed by atoms with Gasteiger partial charge in [0.1, 0.15) is 23.8 Å². The summed E-state index contributed by atoms with van der Waals surface area (Å²) in [5.74, 6) is 1.31. The number of aryl methyl sites for hydroxylation is 1. The van der Waals surface area contributed by atoms with Gasteiger partial charge in [0.15, 0.2) is 0 Å². The van der Waals surface area contributed by atoms with Crippen molar-refractivity contribution < 1.29 is 14.2 Å². The summed E-state index contributed by atoms with van der Waals surface area (Å²) in [4.78, 5) is 17.6. The lowest BCUT2D eigenvalue weighted by Crippen LogP contribution is -2.52. The molecule has 5 fully saturated rings. The first-order chi connectivity index (χ1) is 21.9. The molecule has 4 saturated heterocycles. The molecule has 1 aliphatic carbocycles. The lowest BCUT2D eigenvalue weighted by atomic mass is 9.88. The largest absolute Gasteiger partial charge is 0.508 e. The van der Waals surface area contributed by atoms with Gasteiger partial charge < -0.3 is 25.0 Å². The first kappa shape index (κ1) is 28.1. The van der Waals surface area contributed by atoms with E-state index in [4.69, 9.17) is 14.7 Å². The normalized spacial score (nSPS) is 32.3. The molecule has 0 amide bonds. The Hall–Kier alpha value is -3.17. The summed E-state index contributed by atoms with van der Waals surface area (Å²) < 4.78 is 22.6. The van der Waals surface area contributed by atoms with E-state index in [9.17, 15) is 5.11 Å². The fourth-order valence-electron chi connectivity index (χ4n) is 10.1. The van der Waals surface area contributed by atoms with Crippen molar-refractivity contribution in [2.45, 2.75) is 107 Å². The van der Waals surface area contributed by atoms with Gasteiger partial charge in [0.25, 0.3) is 0 Å². The van der Waals surface area contributed by atoms with Gasteiger partial charge in [-0.3, -0.25) is 4.90 Å². The van der Waals surface area contributed by atoms with E-state index in [1.54, 1.807) is 0 Å². The zero-order chi connectivity index (χ0) is 30.3. The van der Waals surface area contributed by atoms with Crippen molar-refractivity contribution in [3.63, 3.8) is 0 Å². The van der Waals surface area contributed by atoms with E-state index in [1.165, 1.54) is 29.4 Å². The minimum atomic E-state index is -1.08. The molecule has 2 unspecified atom stereocenters. The molecule has 0 spiro atoms. The van der Waals surface area contributed by atoms with E-state index in [-0.39, 0.29) is 17.3 Å². The molecule has 9 heteroatoms. The number of fused-ring (bicyclic) bond motifs is 7. The molecule has 2 N–H and O–H groups in total. The van der Waals surface area contributed by atoms with Gasteiger partial charge >= 0.3 is 6.01 Å². The van der Waals surface area contributed by atoms with Crippen LogP contribution in [0.1, 0.15) is 75.1 Å². The summed E-state index contributed by atoms with van der Waals surface area (Å²) in [6, 6.07) is 11.6. The van der Waals surface area contributed by atoms with Gasteiger partial charge in [-0.1, -0.05) is 25.1 Å². The number of benzene rings is 2. The molecule has 1 aromatic heterocycles. The Kier molecular flexibility index (Phi) is 6.51. The van der Waals surface area contributed by atoms with Crippen LogP contribution in [0.25, 0.3) is 10.8 Å². The van der Waals surface area contributed by atoms with Gasteiger partial charge in [-0.15, -0.1) is 0 Å². The van der Waals surface area contributed by atoms with Crippen LogP contribution in [0.2, 0.25) is 0 Å². The minimum absolute atomic E-state index is 0.0404. The number of aromatic nitrogens is 2. The summed E-state index contributed by atoms with van der Waals surface area (Å²) in [5, 5.41) is 16.8. The number of rotatable bonds is 6. The maximum Gasteiger partial charge on any atom is 0.318 e. The molecule has 1 saturated carbocycles. The Labute approximate surface area is 265 Å². The molecular weight excluding hydrogens is 567 g/mol. The third-order valence-corrected chi connectivity index (χ3v) is 12.1. The number of hydrogen-bond donors (Lipinski definition) is 2. The number of hydrogen-bond acceptors (Lipinski definition) is 8. The number of phenols is 1. The second-order valence-corrected chi connectivity index (χ2v) is 14.7. The molecule has 3 aromatic rings. The smallest absolute Gasteiger partial charge is 0.318 e. The number of ether oxygens (including phenoxy) is 1. The van der Waals surface area contributed by atoms with E-state index in [0.717, 1.165) is 87.3 Å². The van der Waals surface area contributed by atoms with Gasteiger partial charge in [-0.05, 0) is 81.3 Å². The van der Waals surface area contributed by atoms with Crippen LogP contribution in [0.5, 0.6) is 11.8 Å². The highest BCUT2D eigenvalue weighted by Crippen LogP contribution is 2.55. The summed E-state index contributed by atoms with van der Waals surface area (Å²) >= 11 is 0. The van der Waals surface area contributed by atoms with Gasteiger partial charge in [-0.25, -0.2) is 4.39 Å². The van der Waals surface area contributed by atoms with Crippen molar-refractivity contribution in [2.24, 2.45) is 0 Å². The van der Waals surface area contributed by atoms with Crippen LogP contribution in [-0.4, -0.2) is 82.1 Å². The molecule has 8 nitrogen and oxygen atoms in total. The average Bonchev–Trinajstić information content (AvgIpc) is 3.77. The SMILES string of the molecule is CCc1cccc2cc(O)cc(N3CCc4c(nc(OC[C@]56CCCN5[C@H]5CCC[C@@]5(F)C6)nc4N4CC5CCC(C4)N5)C3)c12. The van der Waals surface area contributed by atoms with Crippen LogP contribution in [0, 0.1) is 0 Å². The predicted octanol–water partition coefficient (Wildman–Crippen LogP) is 5.28. The second-order valence-electron chi connectivity index (χ2n) is 14.7. The Morgan fingerprint density at radius 1 is 1.04 bits per heavy atom. The predicted molar refractivity (Wildman–Crippen MR) is 174 cm³/mol. The topological polar surface area (TPSA) is 77.0 Å². The van der Waals surface area contributed by atoms with Crippen molar-refractivity contribution in [3.05, 3.63) is 47.2 Å². The van der Waals surface area contributed by atoms with Crippen molar-refractivity contribution in [3.8, 4) is 11.8 Å². The lowest BCUT2D eigenvalue weighted by molar-refractivity contribution is 0.0808. The maximum atomic E-state index is 16.0. The molecule has 6 aliphatic rings. The summed E-state index contributed by atoms with van der Waals surface area (Å²) in [7, 11) is 0. The van der Waals surface area contributed by atoms with Crippen molar-refractivity contribution in [1.29, 1.82) is 0 Å². The third-order valence-electron chi connectivity index (χ3n) is 12.1. The van der Waals surface area contributed by atoms with E-state index in [1.807, 2.05) is 12.1 Å². The Bertz CT molecular complexity index is 1640. The van der Waals surface area contributed by atoms with E-state index in [0.29, 0.717) is 44.1 Å². The van der Waals surface area contributed by atoms with Crippen LogP contribution < -0.4 is 19.9 Å². The number of anilines is 2. The van der Waals surface area contributed by atoms with Crippen LogP contribution in [0.4, 0.5) is 15.9 Å². The van der Waals surface area contributed by atoms with Gasteiger partial charge in [0.2, 0.25) is 0 Å². The molecule has 2 bridgehead atoms. The molecule has 2 aromatic carbocycles. The van der Waals surface area contributed by atoms with E-state index < -0.39 is 5.67 Å². The monoisotopic (exact) mass is 612 g/mol. The van der Waals surface area contributed by atoms with Crippen LogP contribution in [-0.2, 0) is 19.4 Å². The Morgan fingerprint density at radius 3 is 2.76 bits per heavy atom. The van der Waals surface area contributed by atoms with Crippen LogP contribution in [0.15, 0.2) is 30.3 Å². The van der Waals surface area contributed by atoms with Crippen LogP contribution in [0.3, 0.4) is 0 Å². The molecular formula is C36H45FN6O2. The number of piperazine rings is 1. The Morgan fingerprint density at radius 2 is 1.91 bits per heavy atom. The van der Waals surface area contributed by atoms with Crippen molar-refractivity contribution in [2.75, 3.05) is 42.6 Å². The second kappa shape index (κ2) is 10.4. The number of phenolic OH excluding ortho intramolecular Hbond substituents is 1. The molecule has 5 atom stereocenters. The number of aromatic hydroxyl groups is 1. The third kappa shape index (κ3) is 4.51. The zero-order valence-corrected chi connectivity index (χ0v) is 26.4. The average molecular weight is 613 g/mol. The van der Waals surface area contributed by atoms with Gasteiger partial charge in [0.05, 0.1) is 17.8 Å². The fraction of sp³-hybridized carbons (Fsp3) is 0.611.